The van der Waals surface area contributed by atoms with E-state index in [1.165, 1.54) is 42.5 Å². The third-order valence-electron chi connectivity index (χ3n) is 5.60. The smallest absolute Gasteiger partial charge is 0.405 e. The highest BCUT2D eigenvalue weighted by Crippen LogP contribution is 2.36. The SMILES string of the molecule is CCN(CC)Cc1cc(C(=O)Nc2ccc(S(C)(=O)=O)cc2)ccc1-c1ccccc1OC(F)(F)F. The van der Waals surface area contributed by atoms with Gasteiger partial charge in [-0.2, -0.15) is 0 Å². The van der Waals surface area contributed by atoms with Gasteiger partial charge in [0.2, 0.25) is 0 Å². The molecule has 36 heavy (non-hydrogen) atoms. The Balaban J connectivity index is 1.98. The lowest BCUT2D eigenvalue weighted by atomic mass is 9.96. The second-order valence-corrected chi connectivity index (χ2v) is 10.1. The Hall–Kier alpha value is -3.37. The summed E-state index contributed by atoms with van der Waals surface area (Å²) in [6, 6.07) is 16.5. The number of sulfone groups is 1. The number of nitrogens with zero attached hydrogens (tertiary/aromatic N) is 1. The van der Waals surface area contributed by atoms with Gasteiger partial charge in [-0.15, -0.1) is 13.2 Å². The topological polar surface area (TPSA) is 75.7 Å². The molecule has 0 radical (unpaired) electrons. The molecule has 3 rings (SSSR count). The number of carbonyl (C=O) groups is 1. The van der Waals surface area contributed by atoms with Crippen molar-refractivity contribution < 1.29 is 31.1 Å². The van der Waals surface area contributed by atoms with Gasteiger partial charge in [-0.3, -0.25) is 9.69 Å². The molecule has 3 aromatic rings. The zero-order valence-electron chi connectivity index (χ0n) is 20.1. The van der Waals surface area contributed by atoms with Gasteiger partial charge in [0, 0.05) is 29.6 Å². The Morgan fingerprint density at radius 1 is 0.944 bits per heavy atom. The lowest BCUT2D eigenvalue weighted by molar-refractivity contribution is -0.274. The van der Waals surface area contributed by atoms with Crippen LogP contribution >= 0.6 is 0 Å². The predicted molar refractivity (Wildman–Crippen MR) is 133 cm³/mol. The summed E-state index contributed by atoms with van der Waals surface area (Å²) in [5, 5.41) is 2.73. The van der Waals surface area contributed by atoms with Crippen LogP contribution in [-0.2, 0) is 16.4 Å². The van der Waals surface area contributed by atoms with Gasteiger partial charge >= 0.3 is 6.36 Å². The minimum atomic E-state index is -4.85. The first-order valence-electron chi connectivity index (χ1n) is 11.2. The molecule has 0 fully saturated rings. The molecule has 0 saturated carbocycles. The molecule has 3 aromatic carbocycles. The number of hydrogen-bond acceptors (Lipinski definition) is 5. The molecule has 1 amide bonds. The predicted octanol–water partition coefficient (Wildman–Crippen LogP) is 5.75. The van der Waals surface area contributed by atoms with E-state index in [4.69, 9.17) is 0 Å². The normalized spacial score (nSPS) is 12.0. The van der Waals surface area contributed by atoms with Crippen molar-refractivity contribution >= 4 is 21.4 Å². The Morgan fingerprint density at radius 2 is 1.58 bits per heavy atom. The molecule has 0 bridgehead atoms. The number of carbonyl (C=O) groups excluding carboxylic acids is 1. The molecule has 192 valence electrons. The molecule has 0 aliphatic heterocycles. The van der Waals surface area contributed by atoms with Crippen molar-refractivity contribution in [2.75, 3.05) is 24.7 Å². The van der Waals surface area contributed by atoms with Crippen molar-refractivity contribution in [3.05, 3.63) is 77.9 Å². The van der Waals surface area contributed by atoms with Crippen LogP contribution in [-0.4, -0.2) is 44.9 Å². The van der Waals surface area contributed by atoms with Gasteiger partial charge in [0.15, 0.2) is 9.84 Å². The maximum Gasteiger partial charge on any atom is 0.573 e. The Kier molecular flexibility index (Phi) is 8.42. The number of amides is 1. The molecule has 0 aliphatic carbocycles. The minimum Gasteiger partial charge on any atom is -0.405 e. The van der Waals surface area contributed by atoms with Crippen molar-refractivity contribution in [2.24, 2.45) is 0 Å². The molecule has 0 saturated heterocycles. The molecule has 0 aliphatic rings. The molecule has 0 unspecified atom stereocenters. The maximum absolute atomic E-state index is 13.0. The first-order valence-corrected chi connectivity index (χ1v) is 13.1. The first kappa shape index (κ1) is 27.2. The molecule has 10 heteroatoms. The van der Waals surface area contributed by atoms with E-state index in [0.717, 1.165) is 6.26 Å². The minimum absolute atomic E-state index is 0.131. The molecule has 0 aromatic heterocycles. The van der Waals surface area contributed by atoms with Gasteiger partial charge in [-0.05, 0) is 66.7 Å². The Bertz CT molecular complexity index is 1320. The quantitative estimate of drug-likeness (QED) is 0.389. The number of ether oxygens (including phenoxy) is 1. The fraction of sp³-hybridized carbons (Fsp3) is 0.269. The van der Waals surface area contributed by atoms with Crippen molar-refractivity contribution in [2.45, 2.75) is 31.7 Å². The van der Waals surface area contributed by atoms with Crippen LogP contribution in [0.15, 0.2) is 71.6 Å². The number of hydrogen-bond donors (Lipinski definition) is 1. The molecule has 1 N–H and O–H groups in total. The van der Waals surface area contributed by atoms with Gasteiger partial charge in [0.05, 0.1) is 4.90 Å². The summed E-state index contributed by atoms with van der Waals surface area (Å²) in [6.45, 7) is 5.77. The van der Waals surface area contributed by atoms with E-state index in [-0.39, 0.29) is 16.2 Å². The number of anilines is 1. The summed E-state index contributed by atoms with van der Waals surface area (Å²) < 4.78 is 66.6. The number of halogens is 3. The number of nitrogens with one attached hydrogen (secondary N) is 1. The molecule has 0 heterocycles. The lowest BCUT2D eigenvalue weighted by Crippen LogP contribution is -2.23. The van der Waals surface area contributed by atoms with E-state index in [9.17, 15) is 26.4 Å². The number of para-hydroxylation sites is 1. The van der Waals surface area contributed by atoms with Crippen LogP contribution in [0.3, 0.4) is 0 Å². The van der Waals surface area contributed by atoms with Crippen molar-refractivity contribution in [1.29, 1.82) is 0 Å². The second-order valence-electron chi connectivity index (χ2n) is 8.13. The van der Waals surface area contributed by atoms with Gasteiger partial charge < -0.3 is 10.1 Å². The third kappa shape index (κ3) is 7.08. The molecule has 6 nitrogen and oxygen atoms in total. The molecular weight excluding hydrogens is 493 g/mol. The second kappa shape index (κ2) is 11.1. The summed E-state index contributed by atoms with van der Waals surface area (Å²) in [7, 11) is -3.37. The first-order chi connectivity index (χ1) is 16.9. The molecular formula is C26H27F3N2O4S. The Labute approximate surface area is 208 Å². The maximum atomic E-state index is 13.0. The fourth-order valence-corrected chi connectivity index (χ4v) is 4.34. The van der Waals surface area contributed by atoms with Crippen LogP contribution in [0.5, 0.6) is 5.75 Å². The van der Waals surface area contributed by atoms with Gasteiger partial charge in [-0.1, -0.05) is 38.1 Å². The highest BCUT2D eigenvalue weighted by molar-refractivity contribution is 7.90. The van der Waals surface area contributed by atoms with Crippen LogP contribution in [0, 0.1) is 0 Å². The summed E-state index contributed by atoms with van der Waals surface area (Å²) >= 11 is 0. The lowest BCUT2D eigenvalue weighted by Gasteiger charge is -2.22. The summed E-state index contributed by atoms with van der Waals surface area (Å²) in [4.78, 5) is 15.2. The zero-order chi connectivity index (χ0) is 26.5. The van der Waals surface area contributed by atoms with Gasteiger partial charge in [0.25, 0.3) is 5.91 Å². The average Bonchev–Trinajstić information content (AvgIpc) is 2.81. The van der Waals surface area contributed by atoms with E-state index >= 15 is 0 Å². The summed E-state index contributed by atoms with van der Waals surface area (Å²) in [6.07, 6.45) is -3.75. The number of alkyl halides is 3. The van der Waals surface area contributed by atoms with Crippen LogP contribution in [0.1, 0.15) is 29.8 Å². The molecule has 0 atom stereocenters. The fourth-order valence-electron chi connectivity index (χ4n) is 3.71. The van der Waals surface area contributed by atoms with Crippen molar-refractivity contribution in [1.82, 2.24) is 4.90 Å². The third-order valence-corrected chi connectivity index (χ3v) is 6.73. The van der Waals surface area contributed by atoms with Crippen LogP contribution in [0.2, 0.25) is 0 Å². The Morgan fingerprint density at radius 3 is 2.17 bits per heavy atom. The standard InChI is InChI=1S/C26H27F3N2O4S/c1-4-31(5-2)17-19-16-18(25(32)30-20-11-13-21(14-12-20)36(3,33)34)10-15-22(19)23-8-6-7-9-24(23)35-26(27,28)29/h6-16H,4-5,17H2,1-3H3,(H,30,32). The van der Waals surface area contributed by atoms with E-state index in [1.807, 2.05) is 13.8 Å². The van der Waals surface area contributed by atoms with E-state index < -0.39 is 22.1 Å². The van der Waals surface area contributed by atoms with Crippen LogP contribution in [0.4, 0.5) is 18.9 Å². The monoisotopic (exact) mass is 520 g/mol. The number of rotatable bonds is 9. The largest absolute Gasteiger partial charge is 0.573 e. The zero-order valence-corrected chi connectivity index (χ0v) is 20.9. The highest BCUT2D eigenvalue weighted by atomic mass is 32.2. The van der Waals surface area contributed by atoms with E-state index in [2.05, 4.69) is 15.0 Å². The van der Waals surface area contributed by atoms with Crippen LogP contribution in [0.25, 0.3) is 11.1 Å². The van der Waals surface area contributed by atoms with Gasteiger partial charge in [0.1, 0.15) is 5.75 Å². The number of benzene rings is 3. The van der Waals surface area contributed by atoms with E-state index in [1.54, 1.807) is 24.3 Å². The van der Waals surface area contributed by atoms with E-state index in [0.29, 0.717) is 42.0 Å². The summed E-state index contributed by atoms with van der Waals surface area (Å²) in [5.41, 5.74) is 2.17. The highest BCUT2D eigenvalue weighted by Gasteiger charge is 2.32. The summed E-state index contributed by atoms with van der Waals surface area (Å²) in [5.74, 6) is -0.761. The van der Waals surface area contributed by atoms with Crippen LogP contribution < -0.4 is 10.1 Å². The van der Waals surface area contributed by atoms with Gasteiger partial charge in [-0.25, -0.2) is 8.42 Å². The average molecular weight is 521 g/mol. The molecule has 0 spiro atoms. The van der Waals surface area contributed by atoms with Crippen molar-refractivity contribution in [3.8, 4) is 16.9 Å². The van der Waals surface area contributed by atoms with Crippen molar-refractivity contribution in [3.63, 3.8) is 0 Å².